The molecule has 0 bridgehead atoms. The number of hydrogen-bond acceptors (Lipinski definition) is 5. The van der Waals surface area contributed by atoms with Crippen LogP contribution < -0.4 is 10.6 Å². The first kappa shape index (κ1) is 25.6. The van der Waals surface area contributed by atoms with Crippen LogP contribution in [0.1, 0.15) is 46.2 Å². The van der Waals surface area contributed by atoms with Gasteiger partial charge in [-0.05, 0) is 40.2 Å². The molecule has 2 aliphatic heterocycles. The number of likely N-dealkylation sites (N-methyl/N-ethyl adjacent to an activating group) is 1. The second-order valence-corrected chi connectivity index (χ2v) is 9.89. The summed E-state index contributed by atoms with van der Waals surface area (Å²) in [6, 6.07) is 8.48. The zero-order chi connectivity index (χ0) is 25.0. The smallest absolute Gasteiger partial charge is 0.338 e. The number of benzene rings is 1. The van der Waals surface area contributed by atoms with Gasteiger partial charge in [0.05, 0.1) is 18.2 Å². The van der Waals surface area contributed by atoms with Gasteiger partial charge in [-0.1, -0.05) is 30.3 Å². The van der Waals surface area contributed by atoms with Gasteiger partial charge in [-0.25, -0.2) is 14.4 Å². The highest BCUT2D eigenvalue weighted by Crippen LogP contribution is 2.31. The molecule has 0 saturated carbocycles. The van der Waals surface area contributed by atoms with Crippen molar-refractivity contribution < 1.29 is 19.1 Å². The van der Waals surface area contributed by atoms with Gasteiger partial charge in [0.2, 0.25) is 0 Å². The van der Waals surface area contributed by atoms with Crippen molar-refractivity contribution in [3.63, 3.8) is 0 Å². The highest BCUT2D eigenvalue weighted by Gasteiger charge is 2.38. The molecule has 2 heterocycles. The lowest BCUT2D eigenvalue weighted by atomic mass is 9.94. The molecule has 0 unspecified atom stereocenters. The first-order chi connectivity index (χ1) is 16.0. The Labute approximate surface area is 202 Å². The van der Waals surface area contributed by atoms with Crippen LogP contribution in [-0.4, -0.2) is 84.1 Å². The number of ether oxygens (including phenoxy) is 1. The quantitative estimate of drug-likeness (QED) is 0.644. The van der Waals surface area contributed by atoms with Crippen molar-refractivity contribution in [3.05, 3.63) is 47.2 Å². The maximum atomic E-state index is 13.1. The van der Waals surface area contributed by atoms with E-state index in [0.29, 0.717) is 37.4 Å². The van der Waals surface area contributed by atoms with Gasteiger partial charge in [-0.2, -0.15) is 0 Å². The molecule has 2 N–H and O–H groups in total. The molecule has 4 amide bonds. The Bertz CT molecular complexity index is 940. The molecule has 186 valence electrons. The van der Waals surface area contributed by atoms with Crippen LogP contribution in [0.2, 0.25) is 0 Å². The van der Waals surface area contributed by atoms with Crippen LogP contribution >= 0.6 is 0 Å². The molecule has 0 radical (unpaired) electrons. The molecule has 2 atom stereocenters. The predicted molar refractivity (Wildman–Crippen MR) is 130 cm³/mol. The number of esters is 1. The average molecular weight is 472 g/mol. The fraction of sp³-hybridized carbons (Fsp3) is 0.560. The monoisotopic (exact) mass is 471 g/mol. The first-order valence-electron chi connectivity index (χ1n) is 11.8. The van der Waals surface area contributed by atoms with Crippen molar-refractivity contribution in [1.29, 1.82) is 0 Å². The summed E-state index contributed by atoms with van der Waals surface area (Å²) in [4.78, 5) is 44.1. The topological polar surface area (TPSA) is 94.2 Å². The Morgan fingerprint density at radius 2 is 1.85 bits per heavy atom. The Hall–Kier alpha value is -3.07. The van der Waals surface area contributed by atoms with Crippen LogP contribution in [0.3, 0.4) is 0 Å². The first-order valence-corrected chi connectivity index (χ1v) is 11.8. The van der Waals surface area contributed by atoms with Gasteiger partial charge < -0.3 is 20.3 Å². The van der Waals surface area contributed by atoms with Crippen molar-refractivity contribution in [2.45, 2.75) is 52.2 Å². The van der Waals surface area contributed by atoms with Crippen molar-refractivity contribution >= 4 is 18.0 Å². The minimum absolute atomic E-state index is 0.0182. The van der Waals surface area contributed by atoms with Gasteiger partial charge in [-0.3, -0.25) is 9.80 Å². The minimum atomic E-state index is -0.588. The molecule has 9 heteroatoms. The van der Waals surface area contributed by atoms with Crippen LogP contribution in [0.5, 0.6) is 0 Å². The summed E-state index contributed by atoms with van der Waals surface area (Å²) >= 11 is 0. The van der Waals surface area contributed by atoms with Crippen molar-refractivity contribution in [2.75, 3.05) is 39.8 Å². The summed E-state index contributed by atoms with van der Waals surface area (Å²) in [6.45, 7) is 12.1. The summed E-state index contributed by atoms with van der Waals surface area (Å²) in [5.74, 6) is -0.436. The summed E-state index contributed by atoms with van der Waals surface area (Å²) in [6.07, 6.45) is 0. The lowest BCUT2D eigenvalue weighted by Crippen LogP contribution is -2.59. The molecule has 9 nitrogen and oxygen atoms in total. The standard InChI is InChI=1S/C25H37N5O4/c1-7-34-22(31)20-19(28(6)23(32)26-21(20)18-11-9-8-10-12-18)16-29-13-14-30(17(2)15-29)24(33)27-25(3,4)5/h8-12,17,21H,7,13-16H2,1-6H3,(H,26,32)(H,27,33)/t17-,21-/m1/s1. The zero-order valence-electron chi connectivity index (χ0n) is 21.1. The third kappa shape index (κ3) is 5.88. The van der Waals surface area contributed by atoms with Crippen molar-refractivity contribution in [2.24, 2.45) is 0 Å². The van der Waals surface area contributed by atoms with E-state index in [9.17, 15) is 14.4 Å². The van der Waals surface area contributed by atoms with Crippen molar-refractivity contribution in [3.8, 4) is 0 Å². The van der Waals surface area contributed by atoms with Crippen LogP contribution in [-0.2, 0) is 9.53 Å². The Morgan fingerprint density at radius 3 is 2.44 bits per heavy atom. The fourth-order valence-electron chi connectivity index (χ4n) is 4.38. The number of carbonyl (C=O) groups excluding carboxylic acids is 3. The number of piperazine rings is 1. The second kappa shape index (κ2) is 10.5. The summed E-state index contributed by atoms with van der Waals surface area (Å²) in [5.41, 5.74) is 1.57. The number of carbonyl (C=O) groups is 3. The number of amides is 4. The van der Waals surface area contributed by atoms with E-state index in [4.69, 9.17) is 4.74 Å². The third-order valence-corrected chi connectivity index (χ3v) is 6.03. The van der Waals surface area contributed by atoms with Gasteiger partial charge in [0.25, 0.3) is 0 Å². The lowest BCUT2D eigenvalue weighted by molar-refractivity contribution is -0.139. The minimum Gasteiger partial charge on any atom is -0.463 e. The van der Waals surface area contributed by atoms with Gasteiger partial charge in [-0.15, -0.1) is 0 Å². The number of nitrogens with zero attached hydrogens (tertiary/aromatic N) is 3. The lowest BCUT2D eigenvalue weighted by Gasteiger charge is -2.43. The summed E-state index contributed by atoms with van der Waals surface area (Å²) in [5, 5.41) is 5.97. The predicted octanol–water partition coefficient (Wildman–Crippen LogP) is 2.71. The van der Waals surface area contributed by atoms with Gasteiger partial charge in [0.1, 0.15) is 0 Å². The van der Waals surface area contributed by atoms with Crippen LogP contribution in [0.25, 0.3) is 0 Å². The van der Waals surface area contributed by atoms with E-state index in [1.165, 1.54) is 4.90 Å². The SMILES string of the molecule is CCOC(=O)C1=C(CN2CCN(C(=O)NC(C)(C)C)[C@H](C)C2)N(C)C(=O)N[C@@H]1c1ccccc1. The fourth-order valence-corrected chi connectivity index (χ4v) is 4.38. The second-order valence-electron chi connectivity index (χ2n) is 9.89. The van der Waals surface area contributed by atoms with Crippen LogP contribution in [0.4, 0.5) is 9.59 Å². The maximum absolute atomic E-state index is 13.1. The normalized spacial score (nSPS) is 21.9. The average Bonchev–Trinajstić information content (AvgIpc) is 2.76. The molecule has 1 aromatic carbocycles. The molecule has 0 aliphatic carbocycles. The van der Waals surface area contributed by atoms with E-state index < -0.39 is 12.0 Å². The van der Waals surface area contributed by atoms with Gasteiger partial charge >= 0.3 is 18.0 Å². The Morgan fingerprint density at radius 1 is 1.18 bits per heavy atom. The van der Waals surface area contributed by atoms with E-state index in [1.54, 1.807) is 14.0 Å². The zero-order valence-corrected chi connectivity index (χ0v) is 21.1. The molecule has 1 fully saturated rings. The van der Waals surface area contributed by atoms with Gasteiger partial charge in [0.15, 0.2) is 0 Å². The maximum Gasteiger partial charge on any atom is 0.338 e. The molecule has 0 spiro atoms. The molecule has 3 rings (SSSR count). The van der Waals surface area contributed by atoms with E-state index in [1.807, 2.05) is 62.9 Å². The van der Waals surface area contributed by atoms with E-state index in [0.717, 1.165) is 5.56 Å². The highest BCUT2D eigenvalue weighted by atomic mass is 16.5. The van der Waals surface area contributed by atoms with E-state index in [-0.39, 0.29) is 30.2 Å². The van der Waals surface area contributed by atoms with Crippen LogP contribution in [0.15, 0.2) is 41.6 Å². The van der Waals surface area contributed by atoms with Crippen molar-refractivity contribution in [1.82, 2.24) is 25.3 Å². The number of hydrogen-bond donors (Lipinski definition) is 2. The largest absolute Gasteiger partial charge is 0.463 e. The molecule has 2 aliphatic rings. The summed E-state index contributed by atoms with van der Waals surface area (Å²) in [7, 11) is 1.67. The molecule has 34 heavy (non-hydrogen) atoms. The summed E-state index contributed by atoms with van der Waals surface area (Å²) < 4.78 is 5.40. The molecule has 1 aromatic rings. The number of urea groups is 2. The number of rotatable bonds is 5. The molecule has 0 aromatic heterocycles. The Balaban J connectivity index is 1.87. The molecule has 1 saturated heterocycles. The molecular weight excluding hydrogens is 434 g/mol. The Kier molecular flexibility index (Phi) is 7.86. The molecular formula is C25H37N5O4. The highest BCUT2D eigenvalue weighted by molar-refractivity contribution is 5.95. The van der Waals surface area contributed by atoms with Crippen LogP contribution in [0, 0.1) is 0 Å². The number of nitrogens with one attached hydrogen (secondary N) is 2. The van der Waals surface area contributed by atoms with E-state index in [2.05, 4.69) is 15.5 Å². The third-order valence-electron chi connectivity index (χ3n) is 6.03. The van der Waals surface area contributed by atoms with E-state index >= 15 is 0 Å². The van der Waals surface area contributed by atoms with Gasteiger partial charge in [0, 0.05) is 50.5 Å².